The van der Waals surface area contributed by atoms with Crippen LogP contribution in [-0.4, -0.2) is 28.0 Å². The molecule has 3 aromatic rings. The number of rotatable bonds is 3. The fourth-order valence-corrected chi connectivity index (χ4v) is 2.80. The van der Waals surface area contributed by atoms with Gasteiger partial charge in [-0.25, -0.2) is 13.4 Å². The van der Waals surface area contributed by atoms with Gasteiger partial charge in [-0.3, -0.25) is 4.40 Å². The maximum Gasteiger partial charge on any atom is 0.314 e. The topological polar surface area (TPSA) is 90.4 Å². The highest BCUT2D eigenvalue weighted by Gasteiger charge is 2.22. The van der Waals surface area contributed by atoms with Crippen molar-refractivity contribution in [1.82, 2.24) is 19.6 Å². The van der Waals surface area contributed by atoms with Crippen molar-refractivity contribution < 1.29 is 21.6 Å². The Kier molecular flexibility index (Phi) is 3.54. The summed E-state index contributed by atoms with van der Waals surface area (Å²) >= 11 is 5.95. The van der Waals surface area contributed by atoms with Crippen LogP contribution in [0.15, 0.2) is 27.8 Å². The minimum atomic E-state index is -4.05. The van der Waals surface area contributed by atoms with E-state index in [0.717, 1.165) is 12.3 Å². The first-order chi connectivity index (χ1) is 10.3. The second-order valence-electron chi connectivity index (χ2n) is 4.04. The van der Waals surface area contributed by atoms with Gasteiger partial charge in [-0.2, -0.15) is 8.78 Å². The number of imidazole rings is 1. The van der Waals surface area contributed by atoms with Crippen LogP contribution < -0.4 is 0 Å². The molecule has 7 nitrogen and oxygen atoms in total. The van der Waals surface area contributed by atoms with Crippen LogP contribution in [-0.2, 0) is 9.05 Å². The number of hydrogen-bond donors (Lipinski definition) is 0. The summed E-state index contributed by atoms with van der Waals surface area (Å²) in [6.07, 6.45) is -0.512. The second-order valence-corrected chi connectivity index (χ2v) is 7.02. The molecule has 116 valence electrons. The van der Waals surface area contributed by atoms with Crippen LogP contribution in [0.1, 0.15) is 12.3 Å². The van der Waals surface area contributed by atoms with Crippen LogP contribution >= 0.6 is 22.3 Å². The quantitative estimate of drug-likeness (QED) is 0.660. The largest absolute Gasteiger partial charge is 0.412 e. The lowest BCUT2D eigenvalue weighted by Gasteiger charge is -2.02. The van der Waals surface area contributed by atoms with Crippen molar-refractivity contribution in [3.05, 3.63) is 29.4 Å². The Morgan fingerprint density at radius 3 is 2.64 bits per heavy atom. The molecular weight excluding hydrogens is 365 g/mol. The monoisotopic (exact) mass is 368 g/mol. The van der Waals surface area contributed by atoms with E-state index >= 15 is 0 Å². The van der Waals surface area contributed by atoms with Gasteiger partial charge >= 0.3 is 6.43 Å². The third-order valence-electron chi connectivity index (χ3n) is 2.67. The fourth-order valence-electron chi connectivity index (χ4n) is 1.74. The first kappa shape index (κ1) is 15.1. The van der Waals surface area contributed by atoms with E-state index in [1.165, 1.54) is 10.6 Å². The lowest BCUT2D eigenvalue weighted by atomic mass is 10.4. The number of halogens is 4. The van der Waals surface area contributed by atoms with Gasteiger partial charge in [0, 0.05) is 16.9 Å². The summed E-state index contributed by atoms with van der Waals surface area (Å²) in [7, 11) is 1.22. The minimum Gasteiger partial charge on any atom is -0.412 e. The molecule has 0 saturated carbocycles. The van der Waals surface area contributed by atoms with E-state index in [-0.39, 0.29) is 21.6 Å². The molecule has 0 aromatic carbocycles. The molecule has 3 aromatic heterocycles. The van der Waals surface area contributed by atoms with Gasteiger partial charge in [0.05, 0.1) is 16.7 Å². The van der Waals surface area contributed by atoms with Crippen LogP contribution in [0.25, 0.3) is 17.2 Å². The average molecular weight is 369 g/mol. The summed E-state index contributed by atoms with van der Waals surface area (Å²) in [5, 5.41) is 6.67. The first-order valence-electron chi connectivity index (χ1n) is 5.50. The lowest BCUT2D eigenvalue weighted by Crippen LogP contribution is -1.97. The number of pyridine rings is 1. The molecule has 0 aliphatic heterocycles. The Labute approximate surface area is 130 Å². The zero-order valence-electron chi connectivity index (χ0n) is 10.2. The SMILES string of the molecule is O=S(=O)(Cl)c1cc(Cl)c2cnc(-c3nnc(C(F)F)o3)n2c1. The van der Waals surface area contributed by atoms with Crippen molar-refractivity contribution in [3.8, 4) is 11.7 Å². The third kappa shape index (κ3) is 2.53. The van der Waals surface area contributed by atoms with Crippen LogP contribution in [0.4, 0.5) is 8.78 Å². The molecule has 0 spiro atoms. The van der Waals surface area contributed by atoms with Gasteiger partial charge in [-0.15, -0.1) is 10.2 Å². The molecule has 0 fully saturated rings. The van der Waals surface area contributed by atoms with Gasteiger partial charge in [0.2, 0.25) is 5.82 Å². The van der Waals surface area contributed by atoms with Crippen LogP contribution in [0.3, 0.4) is 0 Å². The van der Waals surface area contributed by atoms with Gasteiger partial charge in [-0.1, -0.05) is 11.6 Å². The van der Waals surface area contributed by atoms with E-state index in [1.807, 2.05) is 0 Å². The number of aromatic nitrogens is 4. The second kappa shape index (κ2) is 5.14. The molecular formula is C10H4Cl2F2N4O3S. The first-order valence-corrected chi connectivity index (χ1v) is 8.19. The fraction of sp³-hybridized carbons (Fsp3) is 0.100. The van der Waals surface area contributed by atoms with E-state index in [1.54, 1.807) is 0 Å². The van der Waals surface area contributed by atoms with Gasteiger partial charge in [0.15, 0.2) is 0 Å². The normalized spacial score (nSPS) is 12.4. The van der Waals surface area contributed by atoms with Crippen molar-refractivity contribution in [3.63, 3.8) is 0 Å². The summed E-state index contributed by atoms with van der Waals surface area (Å²) in [4.78, 5) is 3.63. The predicted octanol–water partition coefficient (Wildman–Crippen LogP) is 2.90. The molecule has 0 saturated heterocycles. The molecule has 22 heavy (non-hydrogen) atoms. The van der Waals surface area contributed by atoms with E-state index < -0.39 is 21.4 Å². The standard InChI is InChI=1S/C10H4Cl2F2N4O3S/c11-5-1-4(22(12,19)20)3-18-6(5)2-15-8(18)10-17-16-9(21-10)7(13)14/h1-3,7H. The summed E-state index contributed by atoms with van der Waals surface area (Å²) in [6, 6.07) is 1.14. The zero-order valence-corrected chi connectivity index (χ0v) is 12.6. The average Bonchev–Trinajstić information content (AvgIpc) is 3.03. The molecule has 0 atom stereocenters. The molecule has 0 amide bonds. The number of fused-ring (bicyclic) bond motifs is 1. The molecule has 0 unspecified atom stereocenters. The van der Waals surface area contributed by atoms with Gasteiger partial charge in [0.25, 0.3) is 20.8 Å². The van der Waals surface area contributed by atoms with Gasteiger partial charge in [0.1, 0.15) is 4.90 Å². The van der Waals surface area contributed by atoms with Gasteiger partial charge < -0.3 is 4.42 Å². The van der Waals surface area contributed by atoms with Crippen molar-refractivity contribution in [1.29, 1.82) is 0 Å². The zero-order chi connectivity index (χ0) is 16.1. The Balaban J connectivity index is 2.24. The highest BCUT2D eigenvalue weighted by molar-refractivity contribution is 8.13. The molecule has 0 bridgehead atoms. The highest BCUT2D eigenvalue weighted by atomic mass is 35.7. The van der Waals surface area contributed by atoms with Crippen molar-refractivity contribution in [2.45, 2.75) is 11.3 Å². The van der Waals surface area contributed by atoms with E-state index in [2.05, 4.69) is 15.2 Å². The Morgan fingerprint density at radius 1 is 1.32 bits per heavy atom. The number of alkyl halides is 2. The molecule has 12 heteroatoms. The molecule has 3 heterocycles. The van der Waals surface area contributed by atoms with E-state index in [0.29, 0.717) is 5.52 Å². The van der Waals surface area contributed by atoms with Crippen LogP contribution in [0.2, 0.25) is 5.02 Å². The lowest BCUT2D eigenvalue weighted by molar-refractivity contribution is 0.116. The highest BCUT2D eigenvalue weighted by Crippen LogP contribution is 2.29. The molecule has 0 N–H and O–H groups in total. The summed E-state index contributed by atoms with van der Waals surface area (Å²) < 4.78 is 53.8. The number of nitrogens with zero attached hydrogens (tertiary/aromatic N) is 4. The maximum absolute atomic E-state index is 12.5. The molecule has 3 rings (SSSR count). The van der Waals surface area contributed by atoms with Gasteiger partial charge in [-0.05, 0) is 6.07 Å². The maximum atomic E-state index is 12.5. The summed E-state index contributed by atoms with van der Waals surface area (Å²) in [6.45, 7) is 0. The minimum absolute atomic E-state index is 0.0431. The van der Waals surface area contributed by atoms with E-state index in [9.17, 15) is 17.2 Å². The Morgan fingerprint density at radius 2 is 2.05 bits per heavy atom. The van der Waals surface area contributed by atoms with Crippen LogP contribution in [0, 0.1) is 0 Å². The third-order valence-corrected chi connectivity index (χ3v) is 4.29. The molecule has 0 radical (unpaired) electrons. The molecule has 0 aliphatic rings. The Bertz CT molecular complexity index is 970. The van der Waals surface area contributed by atoms with Crippen molar-refractivity contribution >= 4 is 36.9 Å². The van der Waals surface area contributed by atoms with E-state index in [4.69, 9.17) is 26.7 Å². The van der Waals surface area contributed by atoms with Crippen molar-refractivity contribution in [2.75, 3.05) is 0 Å². The molecule has 0 aliphatic carbocycles. The predicted molar refractivity (Wildman–Crippen MR) is 71.5 cm³/mol. The Hall–Kier alpha value is -1.78. The summed E-state index contributed by atoms with van der Waals surface area (Å²) in [5.41, 5.74) is 0.317. The number of hydrogen-bond acceptors (Lipinski definition) is 6. The summed E-state index contributed by atoms with van der Waals surface area (Å²) in [5.74, 6) is -1.23. The smallest absolute Gasteiger partial charge is 0.314 e. The van der Waals surface area contributed by atoms with Crippen molar-refractivity contribution in [2.24, 2.45) is 0 Å². The van der Waals surface area contributed by atoms with Crippen LogP contribution in [0.5, 0.6) is 0 Å².